The molecule has 0 aliphatic carbocycles. The van der Waals surface area contributed by atoms with Crippen molar-refractivity contribution in [1.29, 1.82) is 5.26 Å². The lowest BCUT2D eigenvalue weighted by atomic mass is 10.1. The fourth-order valence-corrected chi connectivity index (χ4v) is 4.93. The van der Waals surface area contributed by atoms with Crippen LogP contribution in [0.2, 0.25) is 10.0 Å². The number of nitrogens with zero attached hydrogens (tertiary/aromatic N) is 2. The molecule has 1 atom stereocenters. The Morgan fingerprint density at radius 3 is 2.18 bits per heavy atom. The zero-order valence-electron chi connectivity index (χ0n) is 17.5. The maximum Gasteiger partial charge on any atom is 0.269 e. The Labute approximate surface area is 209 Å². The molecule has 0 saturated carbocycles. The van der Waals surface area contributed by atoms with Crippen molar-refractivity contribution in [3.63, 3.8) is 0 Å². The van der Waals surface area contributed by atoms with Crippen molar-refractivity contribution < 1.29 is 14.0 Å². The first kappa shape index (κ1) is 23.8. The number of carbonyl (C=O) groups excluding carboxylic acids is 2. The molecule has 1 fully saturated rings. The smallest absolute Gasteiger partial charge is 0.269 e. The van der Waals surface area contributed by atoms with Crippen molar-refractivity contribution in [3.8, 4) is 6.07 Å². The van der Waals surface area contributed by atoms with Crippen LogP contribution in [0.5, 0.6) is 0 Å². The highest BCUT2D eigenvalue weighted by Gasteiger charge is 2.40. The van der Waals surface area contributed by atoms with Gasteiger partial charge in [0.2, 0.25) is 5.91 Å². The minimum Gasteiger partial charge on any atom is -0.321 e. The SMILES string of the molecule is N#C/C(C(=O)Nc1ccc(F)cc1)=C1\S[C@@H](Cc2ccc(Cl)cc2)C(=O)N1c1ccc(Cl)cc1. The van der Waals surface area contributed by atoms with Crippen LogP contribution in [0, 0.1) is 17.1 Å². The summed E-state index contributed by atoms with van der Waals surface area (Å²) >= 11 is 13.1. The van der Waals surface area contributed by atoms with Gasteiger partial charge in [-0.3, -0.25) is 14.5 Å². The summed E-state index contributed by atoms with van der Waals surface area (Å²) in [4.78, 5) is 27.8. The molecule has 1 aliphatic rings. The Morgan fingerprint density at radius 1 is 1.00 bits per heavy atom. The summed E-state index contributed by atoms with van der Waals surface area (Å²) in [7, 11) is 0. The lowest BCUT2D eigenvalue weighted by molar-refractivity contribution is -0.117. The molecule has 170 valence electrons. The maximum atomic E-state index is 13.4. The number of benzene rings is 3. The van der Waals surface area contributed by atoms with Crippen LogP contribution in [0.1, 0.15) is 5.56 Å². The lowest BCUT2D eigenvalue weighted by Crippen LogP contribution is -2.30. The first-order valence-corrected chi connectivity index (χ1v) is 11.7. The number of nitriles is 1. The average molecular weight is 512 g/mol. The first-order chi connectivity index (χ1) is 16.4. The van der Waals surface area contributed by atoms with E-state index < -0.39 is 17.0 Å². The summed E-state index contributed by atoms with van der Waals surface area (Å²) in [6.45, 7) is 0. The van der Waals surface area contributed by atoms with E-state index in [4.69, 9.17) is 23.2 Å². The Morgan fingerprint density at radius 2 is 1.59 bits per heavy atom. The van der Waals surface area contributed by atoms with Crippen LogP contribution in [0.15, 0.2) is 83.4 Å². The Hall–Kier alpha value is -3.31. The van der Waals surface area contributed by atoms with Crippen molar-refractivity contribution in [1.82, 2.24) is 0 Å². The molecule has 3 aromatic carbocycles. The minimum absolute atomic E-state index is 0.216. The van der Waals surface area contributed by atoms with Crippen LogP contribution in [-0.2, 0) is 16.0 Å². The van der Waals surface area contributed by atoms with Gasteiger partial charge in [0.1, 0.15) is 22.5 Å². The molecule has 0 spiro atoms. The van der Waals surface area contributed by atoms with E-state index in [0.717, 1.165) is 17.3 Å². The highest BCUT2D eigenvalue weighted by atomic mass is 35.5. The monoisotopic (exact) mass is 511 g/mol. The largest absolute Gasteiger partial charge is 0.321 e. The zero-order chi connectivity index (χ0) is 24.2. The summed E-state index contributed by atoms with van der Waals surface area (Å²) < 4.78 is 13.2. The molecular weight excluding hydrogens is 496 g/mol. The number of halogens is 3. The number of carbonyl (C=O) groups is 2. The molecule has 0 bridgehead atoms. The topological polar surface area (TPSA) is 73.2 Å². The lowest BCUT2D eigenvalue weighted by Gasteiger charge is -2.19. The fourth-order valence-electron chi connectivity index (χ4n) is 3.37. The maximum absolute atomic E-state index is 13.4. The summed E-state index contributed by atoms with van der Waals surface area (Å²) in [5.74, 6) is -1.41. The van der Waals surface area contributed by atoms with E-state index in [9.17, 15) is 19.2 Å². The third-order valence-corrected chi connectivity index (χ3v) is 6.79. The predicted octanol–water partition coefficient (Wildman–Crippen LogP) is 6.20. The van der Waals surface area contributed by atoms with Crippen molar-refractivity contribution in [2.75, 3.05) is 10.2 Å². The van der Waals surface area contributed by atoms with Crippen LogP contribution >= 0.6 is 35.0 Å². The highest BCUT2D eigenvalue weighted by Crippen LogP contribution is 2.42. The quantitative estimate of drug-likeness (QED) is 0.327. The highest BCUT2D eigenvalue weighted by molar-refractivity contribution is 8.05. The summed E-state index contributed by atoms with van der Waals surface area (Å²) in [6.07, 6.45) is 0.381. The molecule has 4 rings (SSSR count). The normalized spacial score (nSPS) is 16.8. The zero-order valence-corrected chi connectivity index (χ0v) is 19.8. The van der Waals surface area contributed by atoms with Gasteiger partial charge in [-0.25, -0.2) is 4.39 Å². The van der Waals surface area contributed by atoms with Gasteiger partial charge in [0.05, 0.1) is 5.25 Å². The molecule has 1 N–H and O–H groups in total. The van der Waals surface area contributed by atoms with Crippen molar-refractivity contribution in [3.05, 3.63) is 105 Å². The van der Waals surface area contributed by atoms with Gasteiger partial charge in [-0.15, -0.1) is 0 Å². The third-order valence-electron chi connectivity index (χ3n) is 5.03. The number of nitrogens with one attached hydrogen (secondary N) is 1. The standard InChI is InChI=1S/C25H16Cl2FN3O2S/c26-16-3-1-15(2-4-16)13-22-24(33)31(20-11-5-17(27)6-12-20)25(34-22)21(14-29)23(32)30-19-9-7-18(28)8-10-19/h1-12,22H,13H2,(H,30,32)/b25-21+/t22-/m0/s1. The number of amides is 2. The molecule has 3 aromatic rings. The summed E-state index contributed by atoms with van der Waals surface area (Å²) in [6, 6.07) is 20.8. The molecule has 0 unspecified atom stereocenters. The molecule has 9 heteroatoms. The summed E-state index contributed by atoms with van der Waals surface area (Å²) in [5.41, 5.74) is 1.47. The second kappa shape index (κ2) is 10.3. The van der Waals surface area contributed by atoms with Gasteiger partial charge in [-0.1, -0.05) is 47.1 Å². The molecule has 5 nitrogen and oxygen atoms in total. The molecular formula is C25H16Cl2FN3O2S. The van der Waals surface area contributed by atoms with Gasteiger partial charge in [0, 0.05) is 21.4 Å². The predicted molar refractivity (Wildman–Crippen MR) is 133 cm³/mol. The van der Waals surface area contributed by atoms with Crippen LogP contribution in [0.25, 0.3) is 0 Å². The van der Waals surface area contributed by atoms with E-state index >= 15 is 0 Å². The minimum atomic E-state index is -0.699. The van der Waals surface area contributed by atoms with E-state index in [1.807, 2.05) is 18.2 Å². The molecule has 1 heterocycles. The molecule has 1 aliphatic heterocycles. The Bertz CT molecular complexity index is 1300. The van der Waals surface area contributed by atoms with E-state index in [1.165, 1.54) is 29.2 Å². The van der Waals surface area contributed by atoms with Crippen LogP contribution in [0.4, 0.5) is 15.8 Å². The van der Waals surface area contributed by atoms with E-state index in [2.05, 4.69) is 5.32 Å². The average Bonchev–Trinajstić information content (AvgIpc) is 3.13. The van der Waals surface area contributed by atoms with Gasteiger partial charge in [0.25, 0.3) is 5.91 Å². The van der Waals surface area contributed by atoms with E-state index in [1.54, 1.807) is 36.4 Å². The number of hydrogen-bond donors (Lipinski definition) is 1. The van der Waals surface area contributed by atoms with Gasteiger partial charge in [0.15, 0.2) is 0 Å². The Balaban J connectivity index is 1.71. The number of thioether (sulfide) groups is 1. The van der Waals surface area contributed by atoms with Crippen LogP contribution in [0.3, 0.4) is 0 Å². The van der Waals surface area contributed by atoms with Crippen molar-refractivity contribution >= 4 is 58.2 Å². The number of anilines is 2. The van der Waals surface area contributed by atoms with Crippen LogP contribution in [-0.4, -0.2) is 17.1 Å². The van der Waals surface area contributed by atoms with Gasteiger partial charge in [-0.05, 0) is 72.6 Å². The Kier molecular flexibility index (Phi) is 7.23. The van der Waals surface area contributed by atoms with E-state index in [0.29, 0.717) is 27.8 Å². The molecule has 34 heavy (non-hydrogen) atoms. The fraction of sp³-hybridized carbons (Fsp3) is 0.0800. The number of rotatable bonds is 5. The van der Waals surface area contributed by atoms with Gasteiger partial charge < -0.3 is 5.32 Å². The second-order valence-corrected chi connectivity index (χ2v) is 9.40. The second-order valence-electron chi connectivity index (χ2n) is 7.34. The summed E-state index contributed by atoms with van der Waals surface area (Å²) in [5, 5.41) is 13.2. The number of hydrogen-bond acceptors (Lipinski definition) is 4. The molecule has 2 amide bonds. The van der Waals surface area contributed by atoms with Crippen molar-refractivity contribution in [2.45, 2.75) is 11.7 Å². The molecule has 0 aromatic heterocycles. The molecule has 1 saturated heterocycles. The molecule has 0 radical (unpaired) electrons. The van der Waals surface area contributed by atoms with Crippen molar-refractivity contribution in [2.24, 2.45) is 0 Å². The van der Waals surface area contributed by atoms with Crippen LogP contribution < -0.4 is 10.2 Å². The van der Waals surface area contributed by atoms with Gasteiger partial charge in [-0.2, -0.15) is 5.26 Å². The van der Waals surface area contributed by atoms with E-state index in [-0.39, 0.29) is 16.5 Å². The van der Waals surface area contributed by atoms with Gasteiger partial charge >= 0.3 is 0 Å². The third kappa shape index (κ3) is 5.26. The first-order valence-electron chi connectivity index (χ1n) is 10.1.